The lowest BCUT2D eigenvalue weighted by Crippen LogP contribution is -2.54. The van der Waals surface area contributed by atoms with Gasteiger partial charge in [0, 0.05) is 31.6 Å². The molecule has 0 spiro atoms. The highest BCUT2D eigenvalue weighted by Crippen LogP contribution is 2.30. The van der Waals surface area contributed by atoms with Crippen LogP contribution in [0.2, 0.25) is 0 Å². The normalized spacial score (nSPS) is 14.3. The van der Waals surface area contributed by atoms with Crippen LogP contribution in [0, 0.1) is 19.3 Å². The predicted octanol–water partition coefficient (Wildman–Crippen LogP) is 6.30. The van der Waals surface area contributed by atoms with E-state index in [2.05, 4.69) is 108 Å². The summed E-state index contributed by atoms with van der Waals surface area (Å²) in [6.45, 7) is 11.9. The maximum Gasteiger partial charge on any atom is 0.231 e. The Morgan fingerprint density at radius 2 is 1.51 bits per heavy atom. The summed E-state index contributed by atoms with van der Waals surface area (Å²) in [7, 11) is 0. The van der Waals surface area contributed by atoms with Gasteiger partial charge in [0.05, 0.1) is 12.6 Å². The van der Waals surface area contributed by atoms with Crippen LogP contribution in [0.25, 0.3) is 0 Å². The molecule has 5 nitrogen and oxygen atoms in total. The Morgan fingerprint density at radius 1 is 0.923 bits per heavy atom. The molecule has 39 heavy (non-hydrogen) atoms. The average molecular weight is 544 g/mol. The first-order chi connectivity index (χ1) is 18.7. The molecule has 0 atom stereocenters. The van der Waals surface area contributed by atoms with Gasteiger partial charge < -0.3 is 15.0 Å². The Bertz CT molecular complexity index is 1200. The molecule has 0 aromatic heterocycles. The first kappa shape index (κ1) is 28.8. The number of amides is 1. The summed E-state index contributed by atoms with van der Waals surface area (Å²) in [6.07, 6.45) is 1.51. The number of nitrogens with one attached hydrogen (secondary N) is 1. The lowest BCUT2D eigenvalue weighted by Gasteiger charge is -2.41. The van der Waals surface area contributed by atoms with Gasteiger partial charge in [-0.3, -0.25) is 9.69 Å². The Morgan fingerprint density at radius 3 is 2.10 bits per heavy atom. The second kappa shape index (κ2) is 13.2. The van der Waals surface area contributed by atoms with Crippen molar-refractivity contribution in [2.75, 3.05) is 32.8 Å². The topological polar surface area (TPSA) is 44.8 Å². The van der Waals surface area contributed by atoms with Crippen LogP contribution in [0.4, 0.5) is 0 Å². The van der Waals surface area contributed by atoms with Crippen molar-refractivity contribution >= 4 is 23.2 Å². The van der Waals surface area contributed by atoms with Crippen molar-refractivity contribution in [1.82, 2.24) is 15.1 Å². The molecule has 0 saturated carbocycles. The van der Waals surface area contributed by atoms with E-state index in [1.54, 1.807) is 0 Å². The summed E-state index contributed by atoms with van der Waals surface area (Å²) in [5.41, 5.74) is 4.35. The van der Waals surface area contributed by atoms with E-state index in [0.717, 1.165) is 50.3 Å². The van der Waals surface area contributed by atoms with E-state index in [1.807, 2.05) is 13.8 Å². The summed E-state index contributed by atoms with van der Waals surface area (Å²) in [6, 6.07) is 27.7. The minimum Gasteiger partial charge on any atom is -0.493 e. The Hall–Kier alpha value is -3.22. The molecule has 1 saturated heterocycles. The van der Waals surface area contributed by atoms with Gasteiger partial charge in [0.15, 0.2) is 5.11 Å². The fourth-order valence-electron chi connectivity index (χ4n) is 5.09. The fraction of sp³-hybridized carbons (Fsp3) is 0.394. The van der Waals surface area contributed by atoms with E-state index < -0.39 is 5.41 Å². The van der Waals surface area contributed by atoms with Gasteiger partial charge in [-0.15, -0.1) is 0 Å². The van der Waals surface area contributed by atoms with Crippen LogP contribution in [0.15, 0.2) is 78.9 Å². The molecule has 1 aliphatic heterocycles. The molecule has 0 aliphatic carbocycles. The van der Waals surface area contributed by atoms with Gasteiger partial charge >= 0.3 is 0 Å². The highest BCUT2D eigenvalue weighted by molar-refractivity contribution is 7.80. The third kappa shape index (κ3) is 7.68. The number of hydrogen-bond acceptors (Lipinski definition) is 4. The zero-order valence-electron chi connectivity index (χ0n) is 23.7. The summed E-state index contributed by atoms with van der Waals surface area (Å²) in [5.74, 6) is 0.882. The highest BCUT2D eigenvalue weighted by atomic mass is 32.1. The smallest absolute Gasteiger partial charge is 0.231 e. The number of thiocarbonyl (C=S) groups is 1. The molecular weight excluding hydrogens is 502 g/mol. The zero-order valence-corrected chi connectivity index (χ0v) is 24.5. The molecular formula is C33H41N3O2S. The standard InChI is InChI=1S/C33H41N3O2S/c1-25-16-17-26(2)29(24-25)38-23-11-18-33(3,4)31(37)34-32(39)36-21-19-35(20-22-36)30(27-12-7-5-8-13-27)28-14-9-6-10-15-28/h5-10,12-17,24,30H,11,18-23H2,1-4H3,(H,34,37,39). The summed E-state index contributed by atoms with van der Waals surface area (Å²) < 4.78 is 5.99. The molecule has 1 fully saturated rings. The molecule has 1 aliphatic rings. The molecule has 0 radical (unpaired) electrons. The number of nitrogens with zero attached hydrogens (tertiary/aromatic N) is 2. The number of piperazine rings is 1. The summed E-state index contributed by atoms with van der Waals surface area (Å²) in [4.78, 5) is 17.8. The fourth-order valence-corrected chi connectivity index (χ4v) is 5.36. The SMILES string of the molecule is Cc1ccc(C)c(OCCCC(C)(C)C(=O)NC(=S)N2CCN(C(c3ccccc3)c3ccccc3)CC2)c1. The van der Waals surface area contributed by atoms with Crippen molar-refractivity contribution in [3.05, 3.63) is 101 Å². The van der Waals surface area contributed by atoms with Crippen LogP contribution in [-0.2, 0) is 4.79 Å². The summed E-state index contributed by atoms with van der Waals surface area (Å²) in [5, 5.41) is 3.56. The van der Waals surface area contributed by atoms with E-state index in [-0.39, 0.29) is 11.9 Å². The van der Waals surface area contributed by atoms with E-state index in [0.29, 0.717) is 11.7 Å². The average Bonchev–Trinajstić information content (AvgIpc) is 2.94. The zero-order chi connectivity index (χ0) is 27.8. The molecule has 6 heteroatoms. The molecule has 1 heterocycles. The number of benzene rings is 3. The van der Waals surface area contributed by atoms with Gasteiger partial charge in [-0.1, -0.05) is 86.6 Å². The molecule has 1 N–H and O–H groups in total. The van der Waals surface area contributed by atoms with Crippen LogP contribution in [-0.4, -0.2) is 53.6 Å². The molecule has 0 unspecified atom stereocenters. The monoisotopic (exact) mass is 543 g/mol. The van der Waals surface area contributed by atoms with Gasteiger partial charge in [-0.25, -0.2) is 0 Å². The van der Waals surface area contributed by atoms with Gasteiger partial charge in [-0.05, 0) is 67.2 Å². The van der Waals surface area contributed by atoms with Crippen LogP contribution < -0.4 is 10.1 Å². The molecule has 1 amide bonds. The maximum atomic E-state index is 13.1. The highest BCUT2D eigenvalue weighted by Gasteiger charge is 2.31. The van der Waals surface area contributed by atoms with Crippen molar-refractivity contribution in [1.29, 1.82) is 0 Å². The van der Waals surface area contributed by atoms with Gasteiger partial charge in [0.2, 0.25) is 5.91 Å². The Kier molecular flexibility index (Phi) is 9.76. The van der Waals surface area contributed by atoms with Gasteiger partial charge in [-0.2, -0.15) is 0 Å². The molecule has 0 bridgehead atoms. The summed E-state index contributed by atoms with van der Waals surface area (Å²) >= 11 is 5.69. The van der Waals surface area contributed by atoms with Crippen LogP contribution in [0.3, 0.4) is 0 Å². The lowest BCUT2D eigenvalue weighted by atomic mass is 9.87. The van der Waals surface area contributed by atoms with Crippen LogP contribution in [0.5, 0.6) is 5.75 Å². The Labute approximate surface area is 239 Å². The van der Waals surface area contributed by atoms with Gasteiger partial charge in [0.1, 0.15) is 5.75 Å². The second-order valence-electron chi connectivity index (χ2n) is 11.1. The third-order valence-electron chi connectivity index (χ3n) is 7.58. The minimum absolute atomic E-state index is 0.0342. The second-order valence-corrected chi connectivity index (χ2v) is 11.5. The molecule has 3 aromatic carbocycles. The number of ether oxygens (including phenoxy) is 1. The Balaban J connectivity index is 1.27. The van der Waals surface area contributed by atoms with Crippen molar-refractivity contribution in [2.45, 2.75) is 46.6 Å². The van der Waals surface area contributed by atoms with Crippen molar-refractivity contribution in [3.8, 4) is 5.75 Å². The number of hydrogen-bond donors (Lipinski definition) is 1. The van der Waals surface area contributed by atoms with Crippen molar-refractivity contribution < 1.29 is 9.53 Å². The van der Waals surface area contributed by atoms with Crippen LogP contribution in [0.1, 0.15) is 55.0 Å². The number of aryl methyl sites for hydroxylation is 2. The van der Waals surface area contributed by atoms with Crippen molar-refractivity contribution in [2.24, 2.45) is 5.41 Å². The van der Waals surface area contributed by atoms with E-state index in [9.17, 15) is 4.79 Å². The lowest BCUT2D eigenvalue weighted by molar-refractivity contribution is -0.128. The predicted molar refractivity (Wildman–Crippen MR) is 163 cm³/mol. The van der Waals surface area contributed by atoms with Gasteiger partial charge in [0.25, 0.3) is 0 Å². The number of carbonyl (C=O) groups is 1. The van der Waals surface area contributed by atoms with E-state index >= 15 is 0 Å². The first-order valence-corrected chi connectivity index (χ1v) is 14.3. The largest absolute Gasteiger partial charge is 0.493 e. The van der Waals surface area contributed by atoms with Crippen LogP contribution >= 0.6 is 12.2 Å². The first-order valence-electron chi connectivity index (χ1n) is 13.9. The maximum absolute atomic E-state index is 13.1. The quantitative estimate of drug-likeness (QED) is 0.254. The van der Waals surface area contributed by atoms with Crippen molar-refractivity contribution in [3.63, 3.8) is 0 Å². The molecule has 3 aromatic rings. The number of carbonyl (C=O) groups excluding carboxylic acids is 1. The molecule has 4 rings (SSSR count). The third-order valence-corrected chi connectivity index (χ3v) is 7.94. The number of rotatable bonds is 9. The minimum atomic E-state index is -0.539. The van der Waals surface area contributed by atoms with E-state index in [4.69, 9.17) is 17.0 Å². The molecule has 206 valence electrons. The van der Waals surface area contributed by atoms with E-state index in [1.165, 1.54) is 16.7 Å².